The van der Waals surface area contributed by atoms with Crippen molar-refractivity contribution in [1.29, 1.82) is 0 Å². The van der Waals surface area contributed by atoms with E-state index in [0.717, 1.165) is 6.42 Å². The third-order valence-corrected chi connectivity index (χ3v) is 10.8. The summed E-state index contributed by atoms with van der Waals surface area (Å²) in [6, 6.07) is 7.54. The lowest BCUT2D eigenvalue weighted by Gasteiger charge is -2.37. The Labute approximate surface area is 319 Å². The molecule has 0 aromatic heterocycles. The van der Waals surface area contributed by atoms with Gasteiger partial charge in [-0.15, -0.1) is 0 Å². The van der Waals surface area contributed by atoms with Crippen LogP contribution in [-0.2, 0) is 28.7 Å². The molecule has 2 rings (SSSR count). The SMILES string of the molecule is CC[C@H](C)[C@H](CN(C)C(=O)[C@@H](NC(=O)[C@H](C(C)C)N(C)C)C(C)C)[C@@H](CC(=O)N1CCC=C1[C@H](OC)[C@@H](C)C(=O)N[C@H](C)[C@@H](O)c1ccccc1)OC. The van der Waals surface area contributed by atoms with E-state index < -0.39 is 36.3 Å². The van der Waals surface area contributed by atoms with E-state index in [-0.39, 0.29) is 59.8 Å². The molecule has 9 atom stereocenters. The van der Waals surface area contributed by atoms with Crippen LogP contribution in [-0.4, -0.2) is 122 Å². The standard InChI is InChI=1S/C41H69N5O7/c1-14-27(6)31(24-45(11)41(51)35(25(2)3)43-40(50)36(26(4)5)44(9)10)33(52-12)23-34(47)46-22-18-21-32(46)38(53-13)28(7)39(49)42-29(8)37(48)30-19-16-15-17-20-30/h15-17,19-21,25-29,31,33,35-38,48H,14,18,22-24H2,1-13H3,(H,42,49)(H,43,50)/t27-,28+,29+,31-,33+,35-,36-,37+,38+/m0/s1. The predicted octanol–water partition coefficient (Wildman–Crippen LogP) is 4.24. The summed E-state index contributed by atoms with van der Waals surface area (Å²) in [6.45, 7) is 16.3. The molecule has 300 valence electrons. The summed E-state index contributed by atoms with van der Waals surface area (Å²) in [5.74, 6) is -1.60. The third-order valence-electron chi connectivity index (χ3n) is 10.8. The molecular formula is C41H69N5O7. The summed E-state index contributed by atoms with van der Waals surface area (Å²) in [6.07, 6.45) is 1.38. The first-order chi connectivity index (χ1) is 24.9. The Morgan fingerprint density at radius 3 is 2.02 bits per heavy atom. The van der Waals surface area contributed by atoms with E-state index in [1.807, 2.05) is 83.1 Å². The molecule has 0 radical (unpaired) electrons. The number of hydrogen-bond acceptors (Lipinski definition) is 8. The highest BCUT2D eigenvalue weighted by Gasteiger charge is 2.39. The molecule has 12 heteroatoms. The van der Waals surface area contributed by atoms with Crippen molar-refractivity contribution in [3.63, 3.8) is 0 Å². The van der Waals surface area contributed by atoms with Crippen molar-refractivity contribution < 1.29 is 33.8 Å². The molecule has 4 amide bonds. The normalized spacial score (nSPS) is 18.4. The molecule has 1 aliphatic rings. The van der Waals surface area contributed by atoms with Crippen LogP contribution in [0.4, 0.5) is 0 Å². The number of nitrogens with zero attached hydrogens (tertiary/aromatic N) is 3. The predicted molar refractivity (Wildman–Crippen MR) is 208 cm³/mol. The van der Waals surface area contributed by atoms with Gasteiger partial charge in [0.1, 0.15) is 12.1 Å². The average molecular weight is 744 g/mol. The van der Waals surface area contributed by atoms with E-state index in [9.17, 15) is 24.3 Å². The van der Waals surface area contributed by atoms with Crippen LogP contribution in [0.1, 0.15) is 86.3 Å². The number of aliphatic hydroxyl groups is 1. The molecule has 0 saturated carbocycles. The van der Waals surface area contributed by atoms with Crippen molar-refractivity contribution in [2.75, 3.05) is 48.5 Å². The first-order valence-electron chi connectivity index (χ1n) is 19.2. The minimum absolute atomic E-state index is 0.0635. The smallest absolute Gasteiger partial charge is 0.245 e. The van der Waals surface area contributed by atoms with Gasteiger partial charge in [0, 0.05) is 46.0 Å². The van der Waals surface area contributed by atoms with Crippen LogP contribution in [0.25, 0.3) is 0 Å². The Morgan fingerprint density at radius 2 is 1.51 bits per heavy atom. The zero-order valence-corrected chi connectivity index (χ0v) is 34.6. The van der Waals surface area contributed by atoms with Crippen molar-refractivity contribution in [1.82, 2.24) is 25.3 Å². The summed E-state index contributed by atoms with van der Waals surface area (Å²) in [4.78, 5) is 60.0. The van der Waals surface area contributed by atoms with E-state index in [4.69, 9.17) is 9.47 Å². The fourth-order valence-corrected chi connectivity index (χ4v) is 7.40. The van der Waals surface area contributed by atoms with Gasteiger partial charge in [-0.1, -0.05) is 91.3 Å². The van der Waals surface area contributed by atoms with Gasteiger partial charge in [0.25, 0.3) is 0 Å². The van der Waals surface area contributed by atoms with Gasteiger partial charge in [-0.25, -0.2) is 0 Å². The zero-order valence-electron chi connectivity index (χ0n) is 34.6. The lowest BCUT2D eigenvalue weighted by atomic mass is 9.84. The molecule has 53 heavy (non-hydrogen) atoms. The maximum atomic E-state index is 14.1. The second kappa shape index (κ2) is 21.5. The molecule has 0 aliphatic carbocycles. The zero-order chi connectivity index (χ0) is 40.2. The summed E-state index contributed by atoms with van der Waals surface area (Å²) in [5.41, 5.74) is 1.34. The van der Waals surface area contributed by atoms with Crippen LogP contribution in [0, 0.1) is 29.6 Å². The van der Waals surface area contributed by atoms with Gasteiger partial charge in [-0.3, -0.25) is 24.1 Å². The number of hydrogen-bond donors (Lipinski definition) is 3. The second-order valence-corrected chi connectivity index (χ2v) is 15.7. The second-order valence-electron chi connectivity index (χ2n) is 15.7. The summed E-state index contributed by atoms with van der Waals surface area (Å²) in [5, 5.41) is 16.8. The maximum Gasteiger partial charge on any atom is 0.245 e. The van der Waals surface area contributed by atoms with Gasteiger partial charge >= 0.3 is 0 Å². The van der Waals surface area contributed by atoms with Crippen LogP contribution in [0.2, 0.25) is 0 Å². The Bertz CT molecular complexity index is 1350. The Hall–Kier alpha value is -3.32. The number of rotatable bonds is 21. The molecule has 0 spiro atoms. The Morgan fingerprint density at radius 1 is 0.887 bits per heavy atom. The van der Waals surface area contributed by atoms with Gasteiger partial charge < -0.3 is 35.0 Å². The molecule has 0 saturated heterocycles. The number of nitrogens with one attached hydrogen (secondary N) is 2. The molecule has 1 aliphatic heterocycles. The number of carbonyl (C=O) groups is 4. The third kappa shape index (κ3) is 12.3. The van der Waals surface area contributed by atoms with Gasteiger partial charge in [0.15, 0.2) is 0 Å². The minimum atomic E-state index is -0.883. The van der Waals surface area contributed by atoms with Gasteiger partial charge in [0.05, 0.1) is 36.6 Å². The monoisotopic (exact) mass is 744 g/mol. The van der Waals surface area contributed by atoms with E-state index in [1.165, 1.54) is 7.11 Å². The van der Waals surface area contributed by atoms with E-state index in [0.29, 0.717) is 30.8 Å². The fourth-order valence-electron chi connectivity index (χ4n) is 7.40. The minimum Gasteiger partial charge on any atom is -0.386 e. The van der Waals surface area contributed by atoms with Crippen LogP contribution < -0.4 is 10.6 Å². The molecule has 3 N–H and O–H groups in total. The quantitative estimate of drug-likeness (QED) is 0.170. The molecule has 1 heterocycles. The number of likely N-dealkylation sites (N-methyl/N-ethyl adjacent to an activating group) is 2. The number of methoxy groups -OCH3 is 2. The van der Waals surface area contributed by atoms with E-state index in [2.05, 4.69) is 24.5 Å². The highest BCUT2D eigenvalue weighted by Crippen LogP contribution is 2.30. The van der Waals surface area contributed by atoms with E-state index >= 15 is 0 Å². The number of amides is 4. The highest BCUT2D eigenvalue weighted by atomic mass is 16.5. The van der Waals surface area contributed by atoms with Gasteiger partial charge in [-0.05, 0) is 50.8 Å². The number of carbonyl (C=O) groups excluding carboxylic acids is 4. The topological polar surface area (TPSA) is 141 Å². The molecule has 1 aromatic carbocycles. The Kier molecular flexibility index (Phi) is 18.6. The van der Waals surface area contributed by atoms with Crippen molar-refractivity contribution >= 4 is 23.6 Å². The number of ether oxygens (including phenoxy) is 2. The van der Waals surface area contributed by atoms with Crippen LogP contribution >= 0.6 is 0 Å². The maximum absolute atomic E-state index is 14.1. The van der Waals surface area contributed by atoms with Crippen molar-refractivity contribution in [3.8, 4) is 0 Å². The molecular weight excluding hydrogens is 674 g/mol. The van der Waals surface area contributed by atoms with Crippen LogP contribution in [0.3, 0.4) is 0 Å². The lowest BCUT2D eigenvalue weighted by molar-refractivity contribution is -0.140. The molecule has 12 nitrogen and oxygen atoms in total. The molecule has 0 unspecified atom stereocenters. The molecule has 1 aromatic rings. The largest absolute Gasteiger partial charge is 0.386 e. The summed E-state index contributed by atoms with van der Waals surface area (Å²) in [7, 11) is 8.59. The molecule has 0 bridgehead atoms. The van der Waals surface area contributed by atoms with Crippen molar-refractivity contribution in [2.45, 2.75) is 111 Å². The van der Waals surface area contributed by atoms with Gasteiger partial charge in [0.2, 0.25) is 23.6 Å². The average Bonchev–Trinajstić information content (AvgIpc) is 3.60. The first kappa shape index (κ1) is 45.8. The molecule has 0 fully saturated rings. The first-order valence-corrected chi connectivity index (χ1v) is 19.2. The lowest BCUT2D eigenvalue weighted by Crippen LogP contribution is -2.56. The Balaban J connectivity index is 2.20. The van der Waals surface area contributed by atoms with Crippen LogP contribution in [0.15, 0.2) is 42.1 Å². The number of aliphatic hydroxyl groups excluding tert-OH is 1. The van der Waals surface area contributed by atoms with Crippen molar-refractivity contribution in [2.24, 2.45) is 29.6 Å². The van der Waals surface area contributed by atoms with Crippen molar-refractivity contribution in [3.05, 3.63) is 47.7 Å². The highest BCUT2D eigenvalue weighted by molar-refractivity contribution is 5.90. The van der Waals surface area contributed by atoms with E-state index in [1.54, 1.807) is 37.8 Å². The number of benzene rings is 1. The fraction of sp³-hybridized carbons (Fsp3) is 0.707. The van der Waals surface area contributed by atoms with Gasteiger partial charge in [-0.2, -0.15) is 0 Å². The summed E-state index contributed by atoms with van der Waals surface area (Å²) >= 11 is 0. The summed E-state index contributed by atoms with van der Waals surface area (Å²) < 4.78 is 11.9. The van der Waals surface area contributed by atoms with Crippen LogP contribution in [0.5, 0.6) is 0 Å².